The van der Waals surface area contributed by atoms with Crippen LogP contribution >= 0.6 is 0 Å². The second kappa shape index (κ2) is 7.28. The number of rotatable bonds is 8. The van der Waals surface area contributed by atoms with Gasteiger partial charge in [0.05, 0.1) is 23.2 Å². The fraction of sp³-hybridized carbons (Fsp3) is 0.562. The molecule has 1 aliphatic rings. The zero-order valence-corrected chi connectivity index (χ0v) is 15.8. The number of carboxylic acid groups (broad SMARTS) is 1. The number of aliphatic carboxylic acids is 1. The third-order valence-corrected chi connectivity index (χ3v) is 6.21. The van der Waals surface area contributed by atoms with Crippen molar-refractivity contribution < 1.29 is 36.2 Å². The molecule has 1 heterocycles. The number of carboxylic acids is 1. The fourth-order valence-electron chi connectivity index (χ4n) is 2.33. The average molecular weight is 410 g/mol. The van der Waals surface area contributed by atoms with Crippen molar-refractivity contribution in [3.8, 4) is 0 Å². The zero-order valence-electron chi connectivity index (χ0n) is 15.0. The SMILES string of the molecule is CC[C@](C)(Nc1cc(C(F)(F)F)cc(S(=O)(=O)N(C)CC2CO2)c1)C(=O)O. The minimum absolute atomic E-state index is 0.0170. The van der Waals surface area contributed by atoms with E-state index in [0.717, 1.165) is 10.4 Å². The molecule has 0 bridgehead atoms. The minimum Gasteiger partial charge on any atom is -0.480 e. The molecule has 2 N–H and O–H groups in total. The van der Waals surface area contributed by atoms with E-state index in [9.17, 15) is 31.5 Å². The number of likely N-dealkylation sites (N-methyl/N-ethyl adjacent to an activating group) is 1. The molecular formula is C16H21F3N2O5S. The smallest absolute Gasteiger partial charge is 0.416 e. The van der Waals surface area contributed by atoms with Crippen molar-refractivity contribution in [3.63, 3.8) is 0 Å². The number of hydrogen-bond acceptors (Lipinski definition) is 5. The summed E-state index contributed by atoms with van der Waals surface area (Å²) in [7, 11) is -2.97. The Morgan fingerprint density at radius 1 is 1.37 bits per heavy atom. The monoisotopic (exact) mass is 410 g/mol. The highest BCUT2D eigenvalue weighted by molar-refractivity contribution is 7.89. The third-order valence-electron chi connectivity index (χ3n) is 4.40. The van der Waals surface area contributed by atoms with E-state index >= 15 is 0 Å². The fourth-order valence-corrected chi connectivity index (χ4v) is 3.61. The highest BCUT2D eigenvalue weighted by Crippen LogP contribution is 2.35. The summed E-state index contributed by atoms with van der Waals surface area (Å²) in [6, 6.07) is 2.24. The zero-order chi connectivity index (χ0) is 20.6. The normalized spacial score (nSPS) is 19.6. The van der Waals surface area contributed by atoms with Gasteiger partial charge in [-0.3, -0.25) is 0 Å². The Hall–Kier alpha value is -1.85. The van der Waals surface area contributed by atoms with E-state index < -0.39 is 38.2 Å². The van der Waals surface area contributed by atoms with Gasteiger partial charge in [-0.25, -0.2) is 13.2 Å². The van der Waals surface area contributed by atoms with Crippen LogP contribution in [-0.4, -0.2) is 55.6 Å². The first-order chi connectivity index (χ1) is 12.3. The number of hydrogen-bond donors (Lipinski definition) is 2. The van der Waals surface area contributed by atoms with E-state index in [1.54, 1.807) is 6.92 Å². The Balaban J connectivity index is 2.49. The second-order valence-electron chi connectivity index (χ2n) is 6.60. The molecule has 1 unspecified atom stereocenters. The van der Waals surface area contributed by atoms with Crippen LogP contribution in [0.25, 0.3) is 0 Å². The first-order valence-corrected chi connectivity index (χ1v) is 9.55. The number of nitrogens with zero attached hydrogens (tertiary/aromatic N) is 1. The topological polar surface area (TPSA) is 99.2 Å². The Bertz CT molecular complexity index is 824. The number of epoxide rings is 1. The Morgan fingerprint density at radius 3 is 2.41 bits per heavy atom. The van der Waals surface area contributed by atoms with Crippen molar-refractivity contribution in [1.29, 1.82) is 0 Å². The quantitative estimate of drug-likeness (QED) is 0.639. The lowest BCUT2D eigenvalue weighted by Crippen LogP contribution is -2.42. The van der Waals surface area contributed by atoms with Crippen LogP contribution in [0.2, 0.25) is 0 Å². The van der Waals surface area contributed by atoms with Gasteiger partial charge in [0.15, 0.2) is 0 Å². The lowest BCUT2D eigenvalue weighted by Gasteiger charge is -2.27. The summed E-state index contributed by atoms with van der Waals surface area (Å²) >= 11 is 0. The van der Waals surface area contributed by atoms with Gasteiger partial charge < -0.3 is 15.2 Å². The maximum absolute atomic E-state index is 13.3. The van der Waals surface area contributed by atoms with Crippen LogP contribution in [0.5, 0.6) is 0 Å². The Morgan fingerprint density at radius 2 is 1.96 bits per heavy atom. The Kier molecular flexibility index (Phi) is 5.79. The predicted molar refractivity (Wildman–Crippen MR) is 91.0 cm³/mol. The standard InChI is InChI=1S/C16H21F3N2O5S/c1-4-15(2,14(22)23)20-11-5-10(16(17,18)19)6-13(7-11)27(24,25)21(3)8-12-9-26-12/h5-7,12,20H,4,8-9H2,1-3H3,(H,22,23)/t12?,15-/m0/s1. The van der Waals surface area contributed by atoms with Gasteiger partial charge in [0.1, 0.15) is 5.54 Å². The summed E-state index contributed by atoms with van der Waals surface area (Å²) in [5.41, 5.74) is -2.99. The molecule has 1 aromatic carbocycles. The van der Waals surface area contributed by atoms with Crippen molar-refractivity contribution in [1.82, 2.24) is 4.31 Å². The van der Waals surface area contributed by atoms with Crippen LogP contribution in [0.3, 0.4) is 0 Å². The number of benzene rings is 1. The van der Waals surface area contributed by atoms with E-state index in [4.69, 9.17) is 4.74 Å². The summed E-state index contributed by atoms with van der Waals surface area (Å²) < 4.78 is 71.0. The molecule has 0 aliphatic carbocycles. The number of halogens is 3. The van der Waals surface area contributed by atoms with Gasteiger partial charge in [-0.1, -0.05) is 6.92 Å². The molecule has 27 heavy (non-hydrogen) atoms. The van der Waals surface area contributed by atoms with E-state index in [1.165, 1.54) is 14.0 Å². The van der Waals surface area contributed by atoms with E-state index in [1.807, 2.05) is 0 Å². The number of anilines is 1. The Labute approximate surface area is 155 Å². The molecule has 0 radical (unpaired) electrons. The van der Waals surface area contributed by atoms with Crippen molar-refractivity contribution in [3.05, 3.63) is 23.8 Å². The number of sulfonamides is 1. The number of carbonyl (C=O) groups is 1. The van der Waals surface area contributed by atoms with Crippen molar-refractivity contribution in [2.45, 2.75) is 43.0 Å². The van der Waals surface area contributed by atoms with E-state index in [2.05, 4.69) is 5.32 Å². The molecule has 0 aromatic heterocycles. The molecule has 0 amide bonds. The summed E-state index contributed by atoms with van der Waals surface area (Å²) in [5.74, 6) is -1.27. The summed E-state index contributed by atoms with van der Waals surface area (Å²) in [6.07, 6.45) is -5.01. The van der Waals surface area contributed by atoms with Gasteiger partial charge in [-0.15, -0.1) is 0 Å². The summed E-state index contributed by atoms with van der Waals surface area (Å²) in [6.45, 7) is 3.27. The molecule has 11 heteroatoms. The molecule has 0 spiro atoms. The lowest BCUT2D eigenvalue weighted by atomic mass is 9.98. The molecule has 152 valence electrons. The van der Waals surface area contributed by atoms with E-state index in [0.29, 0.717) is 18.7 Å². The molecule has 1 aromatic rings. The molecule has 0 saturated carbocycles. The summed E-state index contributed by atoms with van der Waals surface area (Å²) in [5, 5.41) is 11.8. The first kappa shape index (κ1) is 21.5. The highest BCUT2D eigenvalue weighted by atomic mass is 32.2. The van der Waals surface area contributed by atoms with Gasteiger partial charge in [0.25, 0.3) is 0 Å². The average Bonchev–Trinajstić information content (AvgIpc) is 3.37. The largest absolute Gasteiger partial charge is 0.480 e. The van der Waals surface area contributed by atoms with Gasteiger partial charge >= 0.3 is 12.1 Å². The minimum atomic E-state index is -4.80. The van der Waals surface area contributed by atoms with Crippen LogP contribution in [-0.2, 0) is 25.7 Å². The van der Waals surface area contributed by atoms with Gasteiger partial charge in [-0.2, -0.15) is 17.5 Å². The first-order valence-electron chi connectivity index (χ1n) is 8.11. The highest BCUT2D eigenvalue weighted by Gasteiger charge is 2.37. The number of alkyl halides is 3. The lowest BCUT2D eigenvalue weighted by molar-refractivity contribution is -0.141. The van der Waals surface area contributed by atoms with Crippen LogP contribution in [0.4, 0.5) is 18.9 Å². The number of ether oxygens (including phenoxy) is 1. The molecule has 2 atom stereocenters. The maximum atomic E-state index is 13.3. The van der Waals surface area contributed by atoms with E-state index in [-0.39, 0.29) is 24.8 Å². The molecule has 7 nitrogen and oxygen atoms in total. The van der Waals surface area contributed by atoms with Crippen molar-refractivity contribution in [2.75, 3.05) is 25.5 Å². The van der Waals surface area contributed by atoms with Gasteiger partial charge in [0, 0.05) is 19.3 Å². The molecule has 1 saturated heterocycles. The van der Waals surface area contributed by atoms with Crippen molar-refractivity contribution >= 4 is 21.7 Å². The molecular weight excluding hydrogens is 389 g/mol. The van der Waals surface area contributed by atoms with Crippen LogP contribution in [0.1, 0.15) is 25.8 Å². The summed E-state index contributed by atoms with van der Waals surface area (Å²) in [4.78, 5) is 10.9. The van der Waals surface area contributed by atoms with Crippen LogP contribution < -0.4 is 5.32 Å². The number of nitrogens with one attached hydrogen (secondary N) is 1. The van der Waals surface area contributed by atoms with Crippen LogP contribution in [0.15, 0.2) is 23.1 Å². The predicted octanol–water partition coefficient (Wildman–Crippen LogP) is 2.39. The maximum Gasteiger partial charge on any atom is 0.416 e. The van der Waals surface area contributed by atoms with Crippen molar-refractivity contribution in [2.24, 2.45) is 0 Å². The molecule has 1 aliphatic heterocycles. The van der Waals surface area contributed by atoms with Gasteiger partial charge in [0.2, 0.25) is 10.0 Å². The molecule has 1 fully saturated rings. The van der Waals surface area contributed by atoms with Crippen LogP contribution in [0, 0.1) is 0 Å². The third kappa shape index (κ3) is 4.90. The van der Waals surface area contributed by atoms with Gasteiger partial charge in [-0.05, 0) is 31.5 Å². The molecule has 2 rings (SSSR count). The second-order valence-corrected chi connectivity index (χ2v) is 8.65.